The van der Waals surface area contributed by atoms with Gasteiger partial charge in [0.05, 0.1) is 17.3 Å². The lowest BCUT2D eigenvalue weighted by molar-refractivity contribution is -0.129. The maximum absolute atomic E-state index is 11.8. The molecule has 2 rings (SSSR count). The molecule has 0 radical (unpaired) electrons. The minimum absolute atomic E-state index is 0.0512. The van der Waals surface area contributed by atoms with Crippen LogP contribution in [0.5, 0.6) is 5.75 Å². The number of carbonyl (C=O) groups excluding carboxylic acids is 2. The van der Waals surface area contributed by atoms with Crippen molar-refractivity contribution in [3.8, 4) is 5.75 Å². The van der Waals surface area contributed by atoms with Crippen LogP contribution in [0.15, 0.2) is 30.3 Å². The second kappa shape index (κ2) is 9.08. The number of benzene rings is 1. The zero-order chi connectivity index (χ0) is 18.2. The van der Waals surface area contributed by atoms with E-state index in [0.717, 1.165) is 11.4 Å². The summed E-state index contributed by atoms with van der Waals surface area (Å²) in [6, 6.07) is 9.03. The lowest BCUT2D eigenvalue weighted by Crippen LogP contribution is -2.43. The zero-order valence-electron chi connectivity index (χ0n) is 14.2. The predicted molar refractivity (Wildman–Crippen MR) is 94.2 cm³/mol. The van der Waals surface area contributed by atoms with Crippen molar-refractivity contribution in [3.05, 3.63) is 46.7 Å². The fraction of sp³-hybridized carbons (Fsp3) is 0.353. The molecular weight excluding hydrogens is 344 g/mol. The van der Waals surface area contributed by atoms with E-state index >= 15 is 0 Å². The van der Waals surface area contributed by atoms with Crippen LogP contribution in [0.4, 0.5) is 0 Å². The maximum Gasteiger partial charge on any atom is 0.260 e. The Balaban J connectivity index is 1.63. The Hall–Kier alpha value is -2.54. The van der Waals surface area contributed by atoms with Gasteiger partial charge in [0.1, 0.15) is 12.3 Å². The highest BCUT2D eigenvalue weighted by molar-refractivity contribution is 6.32. The third kappa shape index (κ3) is 6.11. The van der Waals surface area contributed by atoms with Gasteiger partial charge in [-0.2, -0.15) is 5.10 Å². The van der Waals surface area contributed by atoms with Crippen LogP contribution < -0.4 is 15.6 Å². The molecule has 1 aromatic heterocycles. The van der Waals surface area contributed by atoms with Gasteiger partial charge in [-0.25, -0.2) is 0 Å². The first kappa shape index (κ1) is 18.8. The summed E-state index contributed by atoms with van der Waals surface area (Å²) in [4.78, 5) is 23.5. The number of aromatic nitrogens is 2. The van der Waals surface area contributed by atoms with E-state index in [-0.39, 0.29) is 24.8 Å². The van der Waals surface area contributed by atoms with Crippen LogP contribution in [0.1, 0.15) is 24.2 Å². The summed E-state index contributed by atoms with van der Waals surface area (Å²) in [6.45, 7) is 4.13. The molecule has 1 aromatic carbocycles. The van der Waals surface area contributed by atoms with Gasteiger partial charge in [0.2, 0.25) is 5.91 Å². The first-order valence-electron chi connectivity index (χ1n) is 7.92. The molecule has 2 amide bonds. The Morgan fingerprint density at radius 3 is 2.60 bits per heavy atom. The summed E-state index contributed by atoms with van der Waals surface area (Å²) in [5.74, 6) is -0.0425. The van der Waals surface area contributed by atoms with E-state index in [9.17, 15) is 9.59 Å². The molecule has 7 nitrogen and oxygen atoms in total. The number of hydrazine groups is 1. The molecule has 0 fully saturated rings. The van der Waals surface area contributed by atoms with Gasteiger partial charge >= 0.3 is 0 Å². The number of halogens is 1. The largest absolute Gasteiger partial charge is 0.492 e. The van der Waals surface area contributed by atoms with Crippen LogP contribution in [0.2, 0.25) is 5.02 Å². The Labute approximate surface area is 151 Å². The van der Waals surface area contributed by atoms with Gasteiger partial charge < -0.3 is 4.74 Å². The van der Waals surface area contributed by atoms with E-state index < -0.39 is 0 Å². The highest BCUT2D eigenvalue weighted by Crippen LogP contribution is 2.23. The van der Waals surface area contributed by atoms with Crippen molar-refractivity contribution >= 4 is 23.4 Å². The highest BCUT2D eigenvalue weighted by atomic mass is 35.5. The van der Waals surface area contributed by atoms with Crippen molar-refractivity contribution in [2.24, 2.45) is 0 Å². The monoisotopic (exact) mass is 364 g/mol. The molecule has 25 heavy (non-hydrogen) atoms. The topological polar surface area (TPSA) is 85.2 Å². The van der Waals surface area contributed by atoms with Crippen molar-refractivity contribution in [1.82, 2.24) is 20.6 Å². The number of hydrogen-bond acceptors (Lipinski definition) is 4. The SMILES string of the molecule is Cc1cc(C)n(CC(=O)NNC(=O)CCCOc2ccccc2Cl)n1. The number of nitrogens with zero attached hydrogens (tertiary/aromatic N) is 2. The number of aryl methyl sites for hydroxylation is 2. The minimum Gasteiger partial charge on any atom is -0.492 e. The first-order valence-corrected chi connectivity index (χ1v) is 8.29. The molecule has 0 unspecified atom stereocenters. The molecule has 134 valence electrons. The summed E-state index contributed by atoms with van der Waals surface area (Å²) in [5.41, 5.74) is 6.48. The molecule has 0 aliphatic rings. The average Bonchev–Trinajstić information content (AvgIpc) is 2.88. The van der Waals surface area contributed by atoms with Gasteiger partial charge in [-0.15, -0.1) is 0 Å². The minimum atomic E-state index is -0.341. The fourth-order valence-corrected chi connectivity index (χ4v) is 2.38. The number of rotatable bonds is 7. The normalized spacial score (nSPS) is 10.4. The summed E-state index contributed by atoms with van der Waals surface area (Å²) < 4.78 is 7.07. The van der Waals surface area contributed by atoms with E-state index in [1.165, 1.54) is 0 Å². The van der Waals surface area contributed by atoms with Crippen LogP contribution in [0.3, 0.4) is 0 Å². The quantitative estimate of drug-likeness (QED) is 0.582. The number of carbonyl (C=O) groups is 2. The molecule has 1 heterocycles. The van der Waals surface area contributed by atoms with Crippen LogP contribution >= 0.6 is 11.6 Å². The van der Waals surface area contributed by atoms with Crippen molar-refractivity contribution in [2.45, 2.75) is 33.2 Å². The third-order valence-corrected chi connectivity index (χ3v) is 3.69. The van der Waals surface area contributed by atoms with E-state index in [1.807, 2.05) is 32.0 Å². The molecule has 2 N–H and O–H groups in total. The molecule has 0 saturated heterocycles. The lowest BCUT2D eigenvalue weighted by atomic mass is 10.3. The molecule has 0 saturated carbocycles. The Morgan fingerprint density at radius 2 is 1.92 bits per heavy atom. The fourth-order valence-electron chi connectivity index (χ4n) is 2.19. The zero-order valence-corrected chi connectivity index (χ0v) is 15.0. The van der Waals surface area contributed by atoms with Gasteiger partial charge in [0.15, 0.2) is 0 Å². The Bertz CT molecular complexity index is 745. The summed E-state index contributed by atoms with van der Waals surface area (Å²) in [7, 11) is 0. The Morgan fingerprint density at radius 1 is 1.20 bits per heavy atom. The van der Waals surface area contributed by atoms with Crippen molar-refractivity contribution < 1.29 is 14.3 Å². The van der Waals surface area contributed by atoms with Gasteiger partial charge in [0, 0.05) is 12.1 Å². The number of ether oxygens (including phenoxy) is 1. The summed E-state index contributed by atoms with van der Waals surface area (Å²) >= 11 is 5.97. The van der Waals surface area contributed by atoms with Crippen LogP contribution in [0.25, 0.3) is 0 Å². The van der Waals surface area contributed by atoms with Gasteiger partial charge in [0.25, 0.3) is 5.91 Å². The third-order valence-electron chi connectivity index (χ3n) is 3.38. The molecular formula is C17H21ClN4O3. The molecule has 0 bridgehead atoms. The number of para-hydroxylation sites is 1. The van der Waals surface area contributed by atoms with Crippen molar-refractivity contribution in [1.29, 1.82) is 0 Å². The second-order valence-corrected chi connectivity index (χ2v) is 5.97. The molecule has 0 aliphatic heterocycles. The van der Waals surface area contributed by atoms with E-state index in [0.29, 0.717) is 23.8 Å². The molecule has 2 aromatic rings. The smallest absolute Gasteiger partial charge is 0.260 e. The van der Waals surface area contributed by atoms with Crippen LogP contribution in [-0.2, 0) is 16.1 Å². The average molecular weight is 365 g/mol. The van der Waals surface area contributed by atoms with E-state index in [1.54, 1.807) is 16.8 Å². The van der Waals surface area contributed by atoms with Crippen molar-refractivity contribution in [3.63, 3.8) is 0 Å². The number of nitrogens with one attached hydrogen (secondary N) is 2. The first-order chi connectivity index (χ1) is 12.0. The molecule has 0 atom stereocenters. The standard InChI is InChI=1S/C17H21ClN4O3/c1-12-10-13(2)22(21-12)11-17(24)20-19-16(23)8-5-9-25-15-7-4-3-6-14(15)18/h3-4,6-7,10H,5,8-9,11H2,1-2H3,(H,19,23)(H,20,24). The van der Waals surface area contributed by atoms with Crippen LogP contribution in [-0.4, -0.2) is 28.2 Å². The maximum atomic E-state index is 11.8. The predicted octanol–water partition coefficient (Wildman–Crippen LogP) is 2.16. The van der Waals surface area contributed by atoms with E-state index in [4.69, 9.17) is 16.3 Å². The van der Waals surface area contributed by atoms with Crippen molar-refractivity contribution in [2.75, 3.05) is 6.61 Å². The Kier molecular flexibility index (Phi) is 6.82. The van der Waals surface area contributed by atoms with Crippen LogP contribution in [0, 0.1) is 13.8 Å². The lowest BCUT2D eigenvalue weighted by Gasteiger charge is -2.09. The molecule has 0 spiro atoms. The molecule has 8 heteroatoms. The molecule has 0 aliphatic carbocycles. The van der Waals surface area contributed by atoms with Gasteiger partial charge in [-0.05, 0) is 38.5 Å². The highest BCUT2D eigenvalue weighted by Gasteiger charge is 2.08. The summed E-state index contributed by atoms with van der Waals surface area (Å²) in [6.07, 6.45) is 0.731. The summed E-state index contributed by atoms with van der Waals surface area (Å²) in [5, 5.41) is 4.72. The number of amides is 2. The van der Waals surface area contributed by atoms with Gasteiger partial charge in [-0.3, -0.25) is 25.1 Å². The second-order valence-electron chi connectivity index (χ2n) is 5.56. The number of hydrogen-bond donors (Lipinski definition) is 2. The van der Waals surface area contributed by atoms with E-state index in [2.05, 4.69) is 16.0 Å². The van der Waals surface area contributed by atoms with Gasteiger partial charge in [-0.1, -0.05) is 23.7 Å².